The van der Waals surface area contributed by atoms with E-state index < -0.39 is 5.60 Å². The molecule has 3 rings (SSSR count). The van der Waals surface area contributed by atoms with Gasteiger partial charge in [0, 0.05) is 36.4 Å². The Morgan fingerprint density at radius 1 is 1.38 bits per heavy atom. The van der Waals surface area contributed by atoms with Crippen LogP contribution in [0.1, 0.15) is 39.7 Å². The first-order valence-corrected chi connectivity index (χ1v) is 8.67. The van der Waals surface area contributed by atoms with E-state index in [1.54, 1.807) is 0 Å². The lowest BCUT2D eigenvalue weighted by Gasteiger charge is -2.23. The molecule has 2 aromatic rings. The van der Waals surface area contributed by atoms with Gasteiger partial charge in [0.25, 0.3) is 0 Å². The summed E-state index contributed by atoms with van der Waals surface area (Å²) in [4.78, 5) is 11.9. The first kappa shape index (κ1) is 16.7. The Balaban J connectivity index is 1.77. The second-order valence-corrected chi connectivity index (χ2v) is 7.58. The molecule has 1 aliphatic heterocycles. The van der Waals surface area contributed by atoms with Crippen molar-refractivity contribution >= 4 is 22.7 Å². The van der Waals surface area contributed by atoms with Gasteiger partial charge >= 0.3 is 6.09 Å². The quantitative estimate of drug-likeness (QED) is 0.897. The summed E-state index contributed by atoms with van der Waals surface area (Å²) in [7, 11) is 0. The number of hydrogen-bond donors (Lipinski definition) is 2. The van der Waals surface area contributed by atoms with Crippen molar-refractivity contribution in [2.45, 2.75) is 58.7 Å². The van der Waals surface area contributed by atoms with Gasteiger partial charge in [-0.2, -0.15) is 0 Å². The normalized spacial score (nSPS) is 15.5. The maximum absolute atomic E-state index is 11.9. The number of aromatic nitrogens is 1. The van der Waals surface area contributed by atoms with Gasteiger partial charge in [0.05, 0.1) is 5.52 Å². The average molecular weight is 329 g/mol. The Kier molecular flexibility index (Phi) is 4.43. The van der Waals surface area contributed by atoms with Crippen LogP contribution in [0.25, 0.3) is 10.9 Å². The molecule has 1 amide bonds. The van der Waals surface area contributed by atoms with E-state index in [9.17, 15) is 4.79 Å². The maximum atomic E-state index is 11.9. The minimum atomic E-state index is -0.477. The molecule has 0 radical (unpaired) electrons. The molecule has 1 atom stereocenters. The third-order valence-electron chi connectivity index (χ3n) is 4.19. The van der Waals surface area contributed by atoms with E-state index in [1.165, 1.54) is 22.2 Å². The highest BCUT2D eigenvalue weighted by atomic mass is 16.6. The Bertz CT molecular complexity index is 743. The second kappa shape index (κ2) is 6.38. The lowest BCUT2D eigenvalue weighted by atomic mass is 10.0. The fraction of sp³-hybridized carbons (Fsp3) is 0.526. The number of rotatable bonds is 3. The van der Waals surface area contributed by atoms with Crippen LogP contribution in [0.15, 0.2) is 24.4 Å². The number of amides is 1. The lowest BCUT2D eigenvalue weighted by Crippen LogP contribution is -2.39. The molecule has 5 nitrogen and oxygen atoms in total. The predicted octanol–water partition coefficient (Wildman–Crippen LogP) is 3.91. The van der Waals surface area contributed by atoms with E-state index >= 15 is 0 Å². The number of nitrogens with zero attached hydrogens (tertiary/aromatic N) is 1. The molecule has 130 valence electrons. The SMILES string of the molecule is CC(Cn1ccc2ccc3c(c21)CCCN3)NC(=O)OC(C)(C)C. The van der Waals surface area contributed by atoms with Crippen LogP contribution in [0.5, 0.6) is 0 Å². The summed E-state index contributed by atoms with van der Waals surface area (Å²) < 4.78 is 7.58. The van der Waals surface area contributed by atoms with E-state index in [0.717, 1.165) is 25.9 Å². The van der Waals surface area contributed by atoms with Gasteiger partial charge in [-0.25, -0.2) is 4.79 Å². The van der Waals surface area contributed by atoms with Crippen molar-refractivity contribution in [1.29, 1.82) is 0 Å². The Hall–Kier alpha value is -2.17. The summed E-state index contributed by atoms with van der Waals surface area (Å²) in [6.45, 7) is 9.38. The highest BCUT2D eigenvalue weighted by Crippen LogP contribution is 2.31. The average Bonchev–Trinajstić information content (AvgIpc) is 2.88. The molecule has 2 heterocycles. The summed E-state index contributed by atoms with van der Waals surface area (Å²) in [5, 5.41) is 7.65. The number of carbonyl (C=O) groups excluding carboxylic acids is 1. The molecular formula is C19H27N3O2. The minimum absolute atomic E-state index is 0.0112. The lowest BCUT2D eigenvalue weighted by molar-refractivity contribution is 0.0504. The van der Waals surface area contributed by atoms with Gasteiger partial charge in [-0.1, -0.05) is 6.07 Å². The van der Waals surface area contributed by atoms with E-state index in [-0.39, 0.29) is 12.1 Å². The van der Waals surface area contributed by atoms with Crippen molar-refractivity contribution in [2.75, 3.05) is 11.9 Å². The van der Waals surface area contributed by atoms with Crippen LogP contribution in [0.4, 0.5) is 10.5 Å². The third-order valence-corrected chi connectivity index (χ3v) is 4.19. The van der Waals surface area contributed by atoms with Crippen LogP contribution in [-0.4, -0.2) is 28.8 Å². The molecule has 0 saturated heterocycles. The zero-order valence-electron chi connectivity index (χ0n) is 15.0. The molecule has 24 heavy (non-hydrogen) atoms. The number of anilines is 1. The summed E-state index contributed by atoms with van der Waals surface area (Å²) in [5.74, 6) is 0. The van der Waals surface area contributed by atoms with Gasteiger partial charge in [-0.15, -0.1) is 0 Å². The van der Waals surface area contributed by atoms with Crippen LogP contribution >= 0.6 is 0 Å². The number of hydrogen-bond acceptors (Lipinski definition) is 3. The summed E-state index contributed by atoms with van der Waals surface area (Å²) in [6.07, 6.45) is 3.99. The summed E-state index contributed by atoms with van der Waals surface area (Å²) >= 11 is 0. The summed E-state index contributed by atoms with van der Waals surface area (Å²) in [6, 6.07) is 6.46. The Labute approximate surface area is 143 Å². The molecular weight excluding hydrogens is 302 g/mol. The van der Waals surface area contributed by atoms with Crippen LogP contribution < -0.4 is 10.6 Å². The molecule has 0 fully saturated rings. The first-order chi connectivity index (χ1) is 11.3. The van der Waals surface area contributed by atoms with Crippen LogP contribution in [-0.2, 0) is 17.7 Å². The van der Waals surface area contributed by atoms with Crippen LogP contribution in [0.3, 0.4) is 0 Å². The van der Waals surface area contributed by atoms with Gasteiger partial charge < -0.3 is 19.9 Å². The van der Waals surface area contributed by atoms with Gasteiger partial charge in [-0.3, -0.25) is 0 Å². The molecule has 1 aromatic heterocycles. The predicted molar refractivity (Wildman–Crippen MR) is 97.6 cm³/mol. The summed E-state index contributed by atoms with van der Waals surface area (Å²) in [5.41, 5.74) is 3.42. The Morgan fingerprint density at radius 3 is 2.92 bits per heavy atom. The number of alkyl carbamates (subject to hydrolysis) is 1. The van der Waals surface area contributed by atoms with Gasteiger partial charge in [0.2, 0.25) is 0 Å². The third kappa shape index (κ3) is 3.66. The van der Waals surface area contributed by atoms with E-state index in [4.69, 9.17) is 4.74 Å². The van der Waals surface area contributed by atoms with Crippen molar-refractivity contribution < 1.29 is 9.53 Å². The van der Waals surface area contributed by atoms with Crippen molar-refractivity contribution in [3.05, 3.63) is 30.0 Å². The number of fused-ring (bicyclic) bond motifs is 3. The van der Waals surface area contributed by atoms with E-state index in [2.05, 4.69) is 39.6 Å². The topological polar surface area (TPSA) is 55.3 Å². The monoisotopic (exact) mass is 329 g/mol. The first-order valence-electron chi connectivity index (χ1n) is 8.67. The molecule has 0 saturated carbocycles. The fourth-order valence-electron chi connectivity index (χ4n) is 3.28. The molecule has 2 N–H and O–H groups in total. The Morgan fingerprint density at radius 2 is 2.17 bits per heavy atom. The molecule has 1 aliphatic rings. The van der Waals surface area contributed by atoms with E-state index in [1.807, 2.05) is 27.7 Å². The number of nitrogens with one attached hydrogen (secondary N) is 2. The largest absolute Gasteiger partial charge is 0.444 e. The maximum Gasteiger partial charge on any atom is 0.407 e. The second-order valence-electron chi connectivity index (χ2n) is 7.58. The standard InChI is InChI=1S/C19H27N3O2/c1-13(21-18(23)24-19(2,3)4)12-22-11-9-14-7-8-16-15(17(14)22)6-5-10-20-16/h7-9,11,13,20H,5-6,10,12H2,1-4H3,(H,21,23). The van der Waals surface area contributed by atoms with Crippen molar-refractivity contribution in [2.24, 2.45) is 0 Å². The fourth-order valence-corrected chi connectivity index (χ4v) is 3.28. The zero-order valence-corrected chi connectivity index (χ0v) is 15.0. The molecule has 0 bridgehead atoms. The molecule has 0 spiro atoms. The minimum Gasteiger partial charge on any atom is -0.444 e. The molecule has 5 heteroatoms. The number of benzene rings is 1. The number of aryl methyl sites for hydroxylation is 1. The molecule has 1 unspecified atom stereocenters. The van der Waals surface area contributed by atoms with Crippen molar-refractivity contribution in [3.8, 4) is 0 Å². The van der Waals surface area contributed by atoms with Crippen LogP contribution in [0.2, 0.25) is 0 Å². The highest BCUT2D eigenvalue weighted by molar-refractivity contribution is 5.88. The number of ether oxygens (including phenoxy) is 1. The van der Waals surface area contributed by atoms with Gasteiger partial charge in [0.1, 0.15) is 5.60 Å². The van der Waals surface area contributed by atoms with E-state index in [0.29, 0.717) is 0 Å². The van der Waals surface area contributed by atoms with Crippen molar-refractivity contribution in [3.63, 3.8) is 0 Å². The zero-order chi connectivity index (χ0) is 17.3. The van der Waals surface area contributed by atoms with Gasteiger partial charge in [0.15, 0.2) is 0 Å². The van der Waals surface area contributed by atoms with Crippen molar-refractivity contribution in [1.82, 2.24) is 9.88 Å². The molecule has 0 aliphatic carbocycles. The highest BCUT2D eigenvalue weighted by Gasteiger charge is 2.19. The molecule has 1 aromatic carbocycles. The van der Waals surface area contributed by atoms with Crippen LogP contribution in [0, 0.1) is 0 Å². The number of carbonyl (C=O) groups is 1. The van der Waals surface area contributed by atoms with Gasteiger partial charge in [-0.05, 0) is 58.2 Å². The smallest absolute Gasteiger partial charge is 0.407 e.